The molecule has 0 bridgehead atoms. The largest absolute Gasteiger partial charge is 0.495 e. The summed E-state index contributed by atoms with van der Waals surface area (Å²) in [5.41, 5.74) is 2.81. The molecule has 29 heavy (non-hydrogen) atoms. The SMILES string of the molecule is CC(C)(C)OC(=O)Cc1ccc(-c2ccccc2B2OC(C)(C)C(C)(C)O2)cc1. The molecule has 1 heterocycles. The summed E-state index contributed by atoms with van der Waals surface area (Å²) < 4.78 is 17.9. The van der Waals surface area contributed by atoms with Gasteiger partial charge in [0.1, 0.15) is 5.60 Å². The maximum Gasteiger partial charge on any atom is 0.495 e. The molecule has 0 radical (unpaired) electrons. The van der Waals surface area contributed by atoms with E-state index >= 15 is 0 Å². The lowest BCUT2D eigenvalue weighted by atomic mass is 9.74. The maximum absolute atomic E-state index is 12.1. The normalized spacial score (nSPS) is 18.0. The summed E-state index contributed by atoms with van der Waals surface area (Å²) in [6, 6.07) is 16.1. The number of rotatable bonds is 4. The van der Waals surface area contributed by atoms with E-state index in [4.69, 9.17) is 14.0 Å². The van der Waals surface area contributed by atoms with Crippen LogP contribution in [0.2, 0.25) is 0 Å². The van der Waals surface area contributed by atoms with Crippen LogP contribution >= 0.6 is 0 Å². The first-order valence-corrected chi connectivity index (χ1v) is 10.1. The smallest absolute Gasteiger partial charge is 0.460 e. The summed E-state index contributed by atoms with van der Waals surface area (Å²) >= 11 is 0. The molecule has 1 aliphatic heterocycles. The Balaban J connectivity index is 1.81. The van der Waals surface area contributed by atoms with Gasteiger partial charge in [0, 0.05) is 0 Å². The molecule has 1 aliphatic rings. The van der Waals surface area contributed by atoms with Crippen LogP contribution in [0.5, 0.6) is 0 Å². The van der Waals surface area contributed by atoms with E-state index in [1.165, 1.54) is 0 Å². The lowest BCUT2D eigenvalue weighted by Gasteiger charge is -2.32. The van der Waals surface area contributed by atoms with Crippen molar-refractivity contribution in [1.29, 1.82) is 0 Å². The van der Waals surface area contributed by atoms with Crippen LogP contribution in [-0.2, 0) is 25.3 Å². The van der Waals surface area contributed by atoms with E-state index in [-0.39, 0.29) is 23.6 Å². The zero-order valence-corrected chi connectivity index (χ0v) is 18.5. The van der Waals surface area contributed by atoms with Crippen LogP contribution in [0.1, 0.15) is 54.0 Å². The Morgan fingerprint density at radius 1 is 0.931 bits per heavy atom. The lowest BCUT2D eigenvalue weighted by molar-refractivity contribution is -0.153. The quantitative estimate of drug-likeness (QED) is 0.564. The molecule has 1 saturated heterocycles. The molecular formula is C24H31BO4. The van der Waals surface area contributed by atoms with Crippen molar-refractivity contribution in [3.05, 3.63) is 54.1 Å². The van der Waals surface area contributed by atoms with E-state index in [1.54, 1.807) is 0 Å². The predicted molar refractivity (Wildman–Crippen MR) is 117 cm³/mol. The van der Waals surface area contributed by atoms with Crippen molar-refractivity contribution in [1.82, 2.24) is 0 Å². The van der Waals surface area contributed by atoms with Gasteiger partial charge in [-0.15, -0.1) is 0 Å². The van der Waals surface area contributed by atoms with Crippen molar-refractivity contribution >= 4 is 18.6 Å². The van der Waals surface area contributed by atoms with Gasteiger partial charge in [0.2, 0.25) is 0 Å². The van der Waals surface area contributed by atoms with Crippen LogP contribution in [0.25, 0.3) is 11.1 Å². The first kappa shape index (κ1) is 21.6. The molecule has 2 aromatic rings. The third kappa shape index (κ3) is 4.91. The molecule has 1 fully saturated rings. The van der Waals surface area contributed by atoms with Crippen molar-refractivity contribution in [2.75, 3.05) is 0 Å². The van der Waals surface area contributed by atoms with Gasteiger partial charge in [0.25, 0.3) is 0 Å². The highest BCUT2D eigenvalue weighted by atomic mass is 16.7. The van der Waals surface area contributed by atoms with Crippen LogP contribution in [0.15, 0.2) is 48.5 Å². The summed E-state index contributed by atoms with van der Waals surface area (Å²) in [4.78, 5) is 12.1. The third-order valence-electron chi connectivity index (χ3n) is 5.50. The van der Waals surface area contributed by atoms with E-state index in [1.807, 2.05) is 63.2 Å². The number of hydrogen-bond donors (Lipinski definition) is 0. The standard InChI is InChI=1S/C24H31BO4/c1-22(2,3)27-21(26)16-17-12-14-18(15-13-17)19-10-8-9-11-20(19)25-28-23(4,5)24(6,7)29-25/h8-15H,16H2,1-7H3. The molecule has 3 rings (SSSR count). The topological polar surface area (TPSA) is 44.8 Å². The molecule has 0 spiro atoms. The number of esters is 1. The summed E-state index contributed by atoms with van der Waals surface area (Å²) in [7, 11) is -0.419. The lowest BCUT2D eigenvalue weighted by Crippen LogP contribution is -2.41. The Labute approximate surface area is 174 Å². The Morgan fingerprint density at radius 3 is 2.03 bits per heavy atom. The van der Waals surface area contributed by atoms with Crippen LogP contribution < -0.4 is 5.46 Å². The molecule has 5 heteroatoms. The Kier molecular flexibility index (Phi) is 5.68. The second kappa shape index (κ2) is 7.62. The van der Waals surface area contributed by atoms with Gasteiger partial charge in [-0.1, -0.05) is 48.5 Å². The molecule has 154 valence electrons. The minimum Gasteiger partial charge on any atom is -0.460 e. The van der Waals surface area contributed by atoms with Crippen molar-refractivity contribution in [2.45, 2.75) is 71.7 Å². The zero-order chi connectivity index (χ0) is 21.4. The highest BCUT2D eigenvalue weighted by molar-refractivity contribution is 6.63. The zero-order valence-electron chi connectivity index (χ0n) is 18.5. The number of hydrogen-bond acceptors (Lipinski definition) is 4. The average Bonchev–Trinajstić information content (AvgIpc) is 2.81. The van der Waals surface area contributed by atoms with Crippen LogP contribution in [0, 0.1) is 0 Å². The van der Waals surface area contributed by atoms with Crippen LogP contribution in [0.4, 0.5) is 0 Å². The first-order valence-electron chi connectivity index (χ1n) is 10.1. The van der Waals surface area contributed by atoms with E-state index in [0.29, 0.717) is 0 Å². The van der Waals surface area contributed by atoms with Crippen molar-refractivity contribution in [2.24, 2.45) is 0 Å². The van der Waals surface area contributed by atoms with Crippen LogP contribution in [0.3, 0.4) is 0 Å². The molecule has 0 unspecified atom stereocenters. The van der Waals surface area contributed by atoms with Gasteiger partial charge in [0.15, 0.2) is 0 Å². The summed E-state index contributed by atoms with van der Waals surface area (Å²) in [6.07, 6.45) is 0.260. The highest BCUT2D eigenvalue weighted by Gasteiger charge is 2.52. The molecule has 0 aromatic heterocycles. The van der Waals surface area contributed by atoms with Gasteiger partial charge in [-0.05, 0) is 70.6 Å². The molecule has 0 N–H and O–H groups in total. The van der Waals surface area contributed by atoms with E-state index in [2.05, 4.69) is 33.8 Å². The maximum atomic E-state index is 12.1. The third-order valence-corrected chi connectivity index (χ3v) is 5.50. The Hall–Kier alpha value is -2.11. The minimum absolute atomic E-state index is 0.220. The van der Waals surface area contributed by atoms with E-state index in [0.717, 1.165) is 22.2 Å². The van der Waals surface area contributed by atoms with Crippen molar-refractivity contribution in [3.8, 4) is 11.1 Å². The second-order valence-corrected chi connectivity index (χ2v) is 9.64. The molecule has 0 saturated carbocycles. The average molecular weight is 394 g/mol. The molecule has 4 nitrogen and oxygen atoms in total. The van der Waals surface area contributed by atoms with Gasteiger partial charge >= 0.3 is 13.1 Å². The van der Waals surface area contributed by atoms with E-state index in [9.17, 15) is 4.79 Å². The monoisotopic (exact) mass is 394 g/mol. The predicted octanol–water partition coefficient (Wildman–Crippen LogP) is 4.54. The number of benzene rings is 2. The molecule has 0 aliphatic carbocycles. The Morgan fingerprint density at radius 2 is 1.48 bits per heavy atom. The fourth-order valence-corrected chi connectivity index (χ4v) is 3.28. The number of carbonyl (C=O) groups is 1. The molecule has 2 aromatic carbocycles. The number of ether oxygens (including phenoxy) is 1. The van der Waals surface area contributed by atoms with E-state index < -0.39 is 12.7 Å². The van der Waals surface area contributed by atoms with Gasteiger partial charge in [-0.25, -0.2) is 0 Å². The molecule has 0 amide bonds. The second-order valence-electron chi connectivity index (χ2n) is 9.64. The van der Waals surface area contributed by atoms with Crippen LogP contribution in [-0.4, -0.2) is 29.9 Å². The minimum atomic E-state index is -0.473. The van der Waals surface area contributed by atoms with Gasteiger partial charge in [0.05, 0.1) is 17.6 Å². The van der Waals surface area contributed by atoms with Crippen molar-refractivity contribution < 1.29 is 18.8 Å². The fourth-order valence-electron chi connectivity index (χ4n) is 3.28. The molecule has 0 atom stereocenters. The molecular weight excluding hydrogens is 363 g/mol. The summed E-state index contributed by atoms with van der Waals surface area (Å²) in [5, 5.41) is 0. The summed E-state index contributed by atoms with van der Waals surface area (Å²) in [6.45, 7) is 13.9. The van der Waals surface area contributed by atoms with Gasteiger partial charge in [-0.2, -0.15) is 0 Å². The fraction of sp³-hybridized carbons (Fsp3) is 0.458. The number of carbonyl (C=O) groups excluding carboxylic acids is 1. The van der Waals surface area contributed by atoms with Gasteiger partial charge < -0.3 is 14.0 Å². The van der Waals surface area contributed by atoms with Gasteiger partial charge in [-0.3, -0.25) is 4.79 Å². The Bertz CT molecular complexity index is 862. The summed E-state index contributed by atoms with van der Waals surface area (Å²) in [5.74, 6) is -0.220. The highest BCUT2D eigenvalue weighted by Crippen LogP contribution is 2.37. The van der Waals surface area contributed by atoms with Crippen molar-refractivity contribution in [3.63, 3.8) is 0 Å². The first-order chi connectivity index (χ1) is 13.4.